The number of amides is 3. The summed E-state index contributed by atoms with van der Waals surface area (Å²) in [6.07, 6.45) is 0. The molecule has 7 heteroatoms. The maximum absolute atomic E-state index is 11.6. The van der Waals surface area contributed by atoms with Crippen LogP contribution in [0.1, 0.15) is 11.1 Å². The summed E-state index contributed by atoms with van der Waals surface area (Å²) in [4.78, 5) is 24.3. The van der Waals surface area contributed by atoms with Crippen LogP contribution in [-0.4, -0.2) is 50.6 Å². The van der Waals surface area contributed by atoms with Crippen LogP contribution < -0.4 is 15.4 Å². The smallest absolute Gasteiger partial charge is 0.316 e. The fourth-order valence-corrected chi connectivity index (χ4v) is 1.83. The van der Waals surface area contributed by atoms with E-state index in [1.165, 1.54) is 4.90 Å². The monoisotopic (exact) mass is 327 g/mol. The highest BCUT2D eigenvalue weighted by Gasteiger charge is 2.07. The molecular weight excluding hydrogens is 306 g/mol. The van der Waals surface area contributed by atoms with E-state index in [0.717, 1.165) is 11.1 Å². The number of halogens is 1. The molecule has 0 aliphatic carbocycles. The third-order valence-electron chi connectivity index (χ3n) is 2.91. The Bertz CT molecular complexity index is 524. The van der Waals surface area contributed by atoms with Crippen LogP contribution in [0.15, 0.2) is 12.1 Å². The van der Waals surface area contributed by atoms with Crippen molar-refractivity contribution in [2.24, 2.45) is 0 Å². The molecule has 0 saturated carbocycles. The predicted molar refractivity (Wildman–Crippen MR) is 86.5 cm³/mol. The van der Waals surface area contributed by atoms with Crippen LogP contribution in [0.5, 0.6) is 5.75 Å². The number of ether oxygens (including phenoxy) is 1. The van der Waals surface area contributed by atoms with Gasteiger partial charge in [0.15, 0.2) is 6.61 Å². The lowest BCUT2D eigenvalue weighted by Gasteiger charge is -2.13. The topological polar surface area (TPSA) is 70.7 Å². The van der Waals surface area contributed by atoms with Crippen LogP contribution in [-0.2, 0) is 4.79 Å². The molecule has 122 valence electrons. The van der Waals surface area contributed by atoms with Crippen LogP contribution in [0.4, 0.5) is 4.79 Å². The van der Waals surface area contributed by atoms with Crippen LogP contribution in [0.25, 0.3) is 0 Å². The molecule has 0 spiro atoms. The summed E-state index contributed by atoms with van der Waals surface area (Å²) in [7, 11) is 3.30. The lowest BCUT2D eigenvalue weighted by molar-refractivity contribution is -0.123. The molecule has 6 nitrogen and oxygen atoms in total. The van der Waals surface area contributed by atoms with Gasteiger partial charge in [0.1, 0.15) is 5.75 Å². The quantitative estimate of drug-likeness (QED) is 0.782. The highest BCUT2D eigenvalue weighted by molar-refractivity contribution is 6.32. The molecule has 0 radical (unpaired) electrons. The van der Waals surface area contributed by atoms with Gasteiger partial charge >= 0.3 is 6.03 Å². The van der Waals surface area contributed by atoms with Crippen molar-refractivity contribution in [1.82, 2.24) is 15.5 Å². The van der Waals surface area contributed by atoms with Gasteiger partial charge in [0.25, 0.3) is 5.91 Å². The minimum Gasteiger partial charge on any atom is -0.484 e. The lowest BCUT2D eigenvalue weighted by atomic mass is 10.1. The highest BCUT2D eigenvalue weighted by Crippen LogP contribution is 2.25. The molecule has 0 bridgehead atoms. The van der Waals surface area contributed by atoms with Gasteiger partial charge in [0, 0.05) is 32.2 Å². The predicted octanol–water partition coefficient (Wildman–Crippen LogP) is 1.72. The summed E-state index contributed by atoms with van der Waals surface area (Å²) in [5.41, 5.74) is 1.81. The average molecular weight is 328 g/mol. The van der Waals surface area contributed by atoms with Crippen LogP contribution in [0.2, 0.25) is 5.02 Å². The number of rotatable bonds is 6. The number of nitrogens with zero attached hydrogens (tertiary/aromatic N) is 1. The lowest BCUT2D eigenvalue weighted by Crippen LogP contribution is -2.40. The second-order valence-corrected chi connectivity index (χ2v) is 5.51. The van der Waals surface area contributed by atoms with Crippen LogP contribution in [0.3, 0.4) is 0 Å². The van der Waals surface area contributed by atoms with E-state index in [9.17, 15) is 9.59 Å². The van der Waals surface area contributed by atoms with Gasteiger partial charge in [0.05, 0.1) is 0 Å². The zero-order chi connectivity index (χ0) is 16.7. The Morgan fingerprint density at radius 1 is 1.14 bits per heavy atom. The number of carbonyl (C=O) groups excluding carboxylic acids is 2. The summed E-state index contributed by atoms with van der Waals surface area (Å²) in [5.74, 6) is 0.361. The number of benzene rings is 1. The first-order valence-electron chi connectivity index (χ1n) is 6.92. The van der Waals surface area contributed by atoms with Gasteiger partial charge in [0.2, 0.25) is 0 Å². The Labute approximate surface area is 135 Å². The molecule has 0 fully saturated rings. The molecule has 3 amide bonds. The number of hydrogen-bond acceptors (Lipinski definition) is 3. The molecule has 0 heterocycles. The molecule has 0 aliphatic rings. The van der Waals surface area contributed by atoms with Crippen LogP contribution >= 0.6 is 11.6 Å². The zero-order valence-electron chi connectivity index (χ0n) is 13.3. The molecule has 0 atom stereocenters. The first kappa shape index (κ1) is 18.1. The Kier molecular flexibility index (Phi) is 6.98. The van der Waals surface area contributed by atoms with E-state index >= 15 is 0 Å². The van der Waals surface area contributed by atoms with Gasteiger partial charge in [-0.1, -0.05) is 11.6 Å². The minimum atomic E-state index is -0.246. The van der Waals surface area contributed by atoms with E-state index in [-0.39, 0.29) is 18.5 Å². The molecule has 1 aromatic rings. The van der Waals surface area contributed by atoms with Crippen molar-refractivity contribution in [2.45, 2.75) is 13.8 Å². The average Bonchev–Trinajstić information content (AvgIpc) is 2.46. The van der Waals surface area contributed by atoms with E-state index in [1.807, 2.05) is 13.8 Å². The molecule has 1 rings (SSSR count). The third kappa shape index (κ3) is 5.81. The van der Waals surface area contributed by atoms with Gasteiger partial charge in [-0.3, -0.25) is 4.79 Å². The number of nitrogens with one attached hydrogen (secondary N) is 2. The third-order valence-corrected chi connectivity index (χ3v) is 3.51. The van der Waals surface area contributed by atoms with Crippen molar-refractivity contribution in [1.29, 1.82) is 0 Å². The van der Waals surface area contributed by atoms with E-state index in [0.29, 0.717) is 23.9 Å². The normalized spacial score (nSPS) is 10.0. The number of hydrogen-bond donors (Lipinski definition) is 2. The Morgan fingerprint density at radius 2 is 1.68 bits per heavy atom. The second-order valence-electron chi connectivity index (χ2n) is 5.14. The minimum absolute atomic E-state index is 0.0812. The Balaban J connectivity index is 2.30. The molecule has 0 saturated heterocycles. The summed E-state index contributed by atoms with van der Waals surface area (Å²) >= 11 is 6.07. The Hall–Kier alpha value is -1.95. The van der Waals surface area contributed by atoms with Crippen molar-refractivity contribution >= 4 is 23.5 Å². The van der Waals surface area contributed by atoms with Gasteiger partial charge in [-0.05, 0) is 37.1 Å². The molecule has 0 aliphatic heterocycles. The van der Waals surface area contributed by atoms with Crippen molar-refractivity contribution in [3.8, 4) is 5.75 Å². The van der Waals surface area contributed by atoms with E-state index in [2.05, 4.69) is 10.6 Å². The first-order chi connectivity index (χ1) is 10.3. The van der Waals surface area contributed by atoms with E-state index < -0.39 is 0 Å². The molecule has 2 N–H and O–H groups in total. The summed E-state index contributed by atoms with van der Waals surface area (Å²) in [6.45, 7) is 4.40. The maximum atomic E-state index is 11.6. The van der Waals surface area contributed by atoms with Crippen molar-refractivity contribution in [3.05, 3.63) is 28.3 Å². The molecule has 0 aromatic heterocycles. The molecule has 0 unspecified atom stereocenters. The SMILES string of the molecule is Cc1cc(OCC(=O)NCCNC(=O)N(C)C)cc(C)c1Cl. The van der Waals surface area contributed by atoms with Crippen molar-refractivity contribution in [2.75, 3.05) is 33.8 Å². The van der Waals surface area contributed by atoms with Gasteiger partial charge in [-0.25, -0.2) is 4.79 Å². The molecule has 22 heavy (non-hydrogen) atoms. The fraction of sp³-hybridized carbons (Fsp3) is 0.467. The number of carbonyl (C=O) groups is 2. The number of urea groups is 1. The highest BCUT2D eigenvalue weighted by atomic mass is 35.5. The van der Waals surface area contributed by atoms with Crippen molar-refractivity contribution < 1.29 is 14.3 Å². The van der Waals surface area contributed by atoms with Crippen molar-refractivity contribution in [3.63, 3.8) is 0 Å². The number of aryl methyl sites for hydroxylation is 2. The molecule has 1 aromatic carbocycles. The van der Waals surface area contributed by atoms with E-state index in [4.69, 9.17) is 16.3 Å². The largest absolute Gasteiger partial charge is 0.484 e. The van der Waals surface area contributed by atoms with Gasteiger partial charge in [-0.2, -0.15) is 0 Å². The molecular formula is C15H22ClN3O3. The summed E-state index contributed by atoms with van der Waals surface area (Å²) in [5, 5.41) is 6.02. The first-order valence-corrected chi connectivity index (χ1v) is 7.30. The zero-order valence-corrected chi connectivity index (χ0v) is 14.1. The summed E-state index contributed by atoms with van der Waals surface area (Å²) < 4.78 is 5.43. The van der Waals surface area contributed by atoms with E-state index in [1.54, 1.807) is 26.2 Å². The summed E-state index contributed by atoms with van der Waals surface area (Å²) in [6, 6.07) is 3.39. The second kappa shape index (κ2) is 8.48. The van der Waals surface area contributed by atoms with Gasteiger partial charge in [-0.15, -0.1) is 0 Å². The standard InChI is InChI=1S/C15H22ClN3O3/c1-10-7-12(8-11(2)14(10)16)22-9-13(20)17-5-6-18-15(21)19(3)4/h7-8H,5-6,9H2,1-4H3,(H,17,20)(H,18,21). The van der Waals surface area contributed by atoms with Crippen LogP contribution in [0, 0.1) is 13.8 Å². The Morgan fingerprint density at radius 3 is 2.23 bits per heavy atom. The fourth-order valence-electron chi connectivity index (χ4n) is 1.72. The van der Waals surface area contributed by atoms with Gasteiger partial charge < -0.3 is 20.3 Å². The maximum Gasteiger partial charge on any atom is 0.316 e.